The predicted molar refractivity (Wildman–Crippen MR) is 97.5 cm³/mol. The average Bonchev–Trinajstić information content (AvgIpc) is 2.67. The molecule has 2 aromatic carbocycles. The lowest BCUT2D eigenvalue weighted by Crippen LogP contribution is -2.48. The molecule has 1 fully saturated rings. The Bertz CT molecular complexity index is 837. The first-order valence-corrected chi connectivity index (χ1v) is 8.42. The van der Waals surface area contributed by atoms with E-state index in [2.05, 4.69) is 5.32 Å². The van der Waals surface area contributed by atoms with Crippen LogP contribution in [0.25, 0.3) is 0 Å². The molecule has 0 radical (unpaired) electrons. The van der Waals surface area contributed by atoms with Gasteiger partial charge in [-0.15, -0.1) is 0 Å². The van der Waals surface area contributed by atoms with Gasteiger partial charge in [-0.05, 0) is 25.1 Å². The van der Waals surface area contributed by atoms with Crippen LogP contribution in [0, 0.1) is 17.0 Å². The number of aryl methyl sites for hydroxylation is 1. The van der Waals surface area contributed by atoms with E-state index >= 15 is 0 Å². The van der Waals surface area contributed by atoms with Crippen LogP contribution in [0.3, 0.4) is 0 Å². The molecule has 0 spiro atoms. The second-order valence-electron chi connectivity index (χ2n) is 6.22. The highest BCUT2D eigenvalue weighted by Gasteiger charge is 2.30. The van der Waals surface area contributed by atoms with Crippen LogP contribution in [0.15, 0.2) is 42.5 Å². The number of rotatable bonds is 4. The van der Waals surface area contributed by atoms with Crippen molar-refractivity contribution >= 4 is 11.6 Å². The van der Waals surface area contributed by atoms with Gasteiger partial charge in [0.1, 0.15) is 5.75 Å². The fourth-order valence-corrected chi connectivity index (χ4v) is 3.33. The number of nitro benzene ring substituents is 1. The molecule has 136 valence electrons. The molecular weight excluding hydrogens is 334 g/mol. The third-order valence-corrected chi connectivity index (χ3v) is 4.64. The third kappa shape index (κ3) is 3.39. The van der Waals surface area contributed by atoms with E-state index in [1.807, 2.05) is 24.3 Å². The normalized spacial score (nSPS) is 17.0. The molecule has 7 heteroatoms. The van der Waals surface area contributed by atoms with Gasteiger partial charge in [-0.1, -0.05) is 18.2 Å². The Morgan fingerprint density at radius 3 is 2.77 bits per heavy atom. The van der Waals surface area contributed by atoms with Crippen molar-refractivity contribution in [1.82, 2.24) is 10.2 Å². The second kappa shape index (κ2) is 7.53. The minimum absolute atomic E-state index is 0.0168. The molecule has 0 aliphatic carbocycles. The summed E-state index contributed by atoms with van der Waals surface area (Å²) in [6, 6.07) is 12.0. The van der Waals surface area contributed by atoms with Gasteiger partial charge in [0.2, 0.25) is 0 Å². The van der Waals surface area contributed by atoms with E-state index in [0.717, 1.165) is 11.3 Å². The van der Waals surface area contributed by atoms with Crippen molar-refractivity contribution in [2.45, 2.75) is 13.0 Å². The smallest absolute Gasteiger partial charge is 0.272 e. The summed E-state index contributed by atoms with van der Waals surface area (Å²) in [5.41, 5.74) is 1.89. The fourth-order valence-electron chi connectivity index (χ4n) is 3.33. The SMILES string of the molecule is COc1ccccc1C1CNCCN1C(=O)c1ccc([N+](=O)[O-])c(C)c1. The molecule has 26 heavy (non-hydrogen) atoms. The minimum Gasteiger partial charge on any atom is -0.496 e. The summed E-state index contributed by atoms with van der Waals surface area (Å²) >= 11 is 0. The summed E-state index contributed by atoms with van der Waals surface area (Å²) in [5, 5.41) is 14.3. The molecule has 7 nitrogen and oxygen atoms in total. The molecule has 3 rings (SSSR count). The number of ether oxygens (including phenoxy) is 1. The van der Waals surface area contributed by atoms with E-state index in [9.17, 15) is 14.9 Å². The lowest BCUT2D eigenvalue weighted by atomic mass is 10.00. The number of amides is 1. The van der Waals surface area contributed by atoms with Crippen molar-refractivity contribution < 1.29 is 14.5 Å². The molecule has 1 atom stereocenters. The van der Waals surface area contributed by atoms with Crippen LogP contribution < -0.4 is 10.1 Å². The lowest BCUT2D eigenvalue weighted by Gasteiger charge is -2.37. The quantitative estimate of drug-likeness (QED) is 0.673. The first kappa shape index (κ1) is 17.9. The molecular formula is C19H21N3O4. The van der Waals surface area contributed by atoms with Crippen molar-refractivity contribution in [3.8, 4) is 5.75 Å². The van der Waals surface area contributed by atoms with Gasteiger partial charge in [-0.2, -0.15) is 0 Å². The molecule has 1 aliphatic rings. The molecule has 1 N–H and O–H groups in total. The van der Waals surface area contributed by atoms with Gasteiger partial charge in [-0.3, -0.25) is 14.9 Å². The summed E-state index contributed by atoms with van der Waals surface area (Å²) in [7, 11) is 1.61. The second-order valence-corrected chi connectivity index (χ2v) is 6.22. The first-order chi connectivity index (χ1) is 12.5. The Hall–Kier alpha value is -2.93. The maximum atomic E-state index is 13.1. The number of benzene rings is 2. The predicted octanol–water partition coefficient (Wildman–Crippen LogP) is 2.70. The van der Waals surface area contributed by atoms with E-state index in [0.29, 0.717) is 30.8 Å². The molecule has 1 saturated heterocycles. The van der Waals surface area contributed by atoms with Gasteiger partial charge in [0, 0.05) is 42.4 Å². The molecule has 0 bridgehead atoms. The molecule has 1 aliphatic heterocycles. The zero-order valence-electron chi connectivity index (χ0n) is 14.8. The van der Waals surface area contributed by atoms with Crippen molar-refractivity contribution in [1.29, 1.82) is 0 Å². The Morgan fingerprint density at radius 2 is 2.08 bits per heavy atom. The monoisotopic (exact) mass is 355 g/mol. The highest BCUT2D eigenvalue weighted by molar-refractivity contribution is 5.95. The maximum Gasteiger partial charge on any atom is 0.272 e. The van der Waals surface area contributed by atoms with Crippen molar-refractivity contribution in [2.75, 3.05) is 26.7 Å². The Labute approximate surface area is 151 Å². The molecule has 1 unspecified atom stereocenters. The van der Waals surface area contributed by atoms with E-state index in [1.165, 1.54) is 12.1 Å². The summed E-state index contributed by atoms with van der Waals surface area (Å²) in [6.45, 7) is 3.52. The molecule has 2 aromatic rings. The number of hydrogen-bond donors (Lipinski definition) is 1. The summed E-state index contributed by atoms with van der Waals surface area (Å²) in [6.07, 6.45) is 0. The van der Waals surface area contributed by atoms with Gasteiger partial charge in [0.05, 0.1) is 18.1 Å². The highest BCUT2D eigenvalue weighted by atomic mass is 16.6. The largest absolute Gasteiger partial charge is 0.496 e. The Balaban J connectivity index is 1.94. The van der Waals surface area contributed by atoms with Crippen LogP contribution >= 0.6 is 0 Å². The van der Waals surface area contributed by atoms with E-state index in [4.69, 9.17) is 4.74 Å². The van der Waals surface area contributed by atoms with Crippen LogP contribution in [0.4, 0.5) is 5.69 Å². The number of carbonyl (C=O) groups excluding carboxylic acids is 1. The first-order valence-electron chi connectivity index (χ1n) is 8.42. The number of nitrogens with one attached hydrogen (secondary N) is 1. The molecule has 1 amide bonds. The molecule has 1 heterocycles. The van der Waals surface area contributed by atoms with Crippen LogP contribution in [0.1, 0.15) is 27.5 Å². The number of nitro groups is 1. The minimum atomic E-state index is -0.438. The number of hydrogen-bond acceptors (Lipinski definition) is 5. The molecule has 0 saturated carbocycles. The third-order valence-electron chi connectivity index (χ3n) is 4.64. The average molecular weight is 355 g/mol. The van der Waals surface area contributed by atoms with E-state index in [1.54, 1.807) is 25.0 Å². The molecule has 0 aromatic heterocycles. The van der Waals surface area contributed by atoms with Crippen LogP contribution in [-0.2, 0) is 0 Å². The number of nitrogens with zero attached hydrogens (tertiary/aromatic N) is 2. The van der Waals surface area contributed by atoms with Crippen LogP contribution in [0.5, 0.6) is 5.75 Å². The van der Waals surface area contributed by atoms with Gasteiger partial charge < -0.3 is 15.0 Å². The van der Waals surface area contributed by atoms with Gasteiger partial charge in [0.15, 0.2) is 0 Å². The van der Waals surface area contributed by atoms with Crippen molar-refractivity contribution in [3.63, 3.8) is 0 Å². The number of piperazine rings is 1. The standard InChI is InChI=1S/C19H21N3O4/c1-13-11-14(7-8-16(13)22(24)25)19(23)21-10-9-20-12-17(21)15-5-3-4-6-18(15)26-2/h3-8,11,17,20H,9-10,12H2,1-2H3. The van der Waals surface area contributed by atoms with E-state index < -0.39 is 4.92 Å². The number of carbonyl (C=O) groups is 1. The number of para-hydroxylation sites is 1. The van der Waals surface area contributed by atoms with Crippen molar-refractivity contribution in [3.05, 3.63) is 69.3 Å². The van der Waals surface area contributed by atoms with Gasteiger partial charge in [0.25, 0.3) is 11.6 Å². The Kier molecular flexibility index (Phi) is 5.18. The fraction of sp³-hybridized carbons (Fsp3) is 0.316. The highest BCUT2D eigenvalue weighted by Crippen LogP contribution is 2.31. The topological polar surface area (TPSA) is 84.7 Å². The van der Waals surface area contributed by atoms with Crippen molar-refractivity contribution in [2.24, 2.45) is 0 Å². The zero-order chi connectivity index (χ0) is 18.7. The summed E-state index contributed by atoms with van der Waals surface area (Å²) in [4.78, 5) is 25.5. The van der Waals surface area contributed by atoms with E-state index in [-0.39, 0.29) is 17.6 Å². The van der Waals surface area contributed by atoms with Gasteiger partial charge >= 0.3 is 0 Å². The Morgan fingerprint density at radius 1 is 1.31 bits per heavy atom. The zero-order valence-corrected chi connectivity index (χ0v) is 14.8. The van der Waals surface area contributed by atoms with Gasteiger partial charge in [-0.25, -0.2) is 0 Å². The summed E-state index contributed by atoms with van der Waals surface area (Å²) < 4.78 is 5.45. The number of methoxy groups -OCH3 is 1. The van der Waals surface area contributed by atoms with Crippen LogP contribution in [0.2, 0.25) is 0 Å². The lowest BCUT2D eigenvalue weighted by molar-refractivity contribution is -0.385. The maximum absolute atomic E-state index is 13.1. The van der Waals surface area contributed by atoms with Crippen LogP contribution in [-0.4, -0.2) is 42.5 Å². The summed E-state index contributed by atoms with van der Waals surface area (Å²) in [5.74, 6) is 0.597.